The van der Waals surface area contributed by atoms with Crippen LogP contribution in [0.1, 0.15) is 19.8 Å². The molecule has 2 heteroatoms. The molecule has 0 aliphatic rings. The summed E-state index contributed by atoms with van der Waals surface area (Å²) in [5, 5.41) is 1.16. The molecular weight excluding hydrogens is 288 g/mol. The van der Waals surface area contributed by atoms with Gasteiger partial charge in [-0.1, -0.05) is 77.8 Å². The van der Waals surface area contributed by atoms with Gasteiger partial charge in [0.15, 0.2) is 0 Å². The van der Waals surface area contributed by atoms with Crippen molar-refractivity contribution >= 4 is 15.9 Å². The summed E-state index contributed by atoms with van der Waals surface area (Å²) in [6.07, 6.45) is 6.03. The van der Waals surface area contributed by atoms with Crippen molar-refractivity contribution in [3.05, 3.63) is 61.7 Å². The highest BCUT2D eigenvalue weighted by Crippen LogP contribution is 1.89. The lowest BCUT2D eigenvalue weighted by atomic mass is 10.4. The standard InChI is InChI=1S/C6H10O.C6H6.C4H9Br/c1-3-5-7-6-4-2;1-2-4-6-5-3-1;1-2-3-4-5/h3-4H,1-2,5-6H2;1-6H;2-4H2,1H3. The summed E-state index contributed by atoms with van der Waals surface area (Å²) in [4.78, 5) is 0. The quantitative estimate of drug-likeness (QED) is 0.396. The second-order valence-electron chi connectivity index (χ2n) is 3.31. The van der Waals surface area contributed by atoms with Crippen molar-refractivity contribution in [2.75, 3.05) is 18.5 Å². The minimum Gasteiger partial charge on any atom is -0.373 e. The van der Waals surface area contributed by atoms with Gasteiger partial charge < -0.3 is 4.74 Å². The fraction of sp³-hybridized carbons (Fsp3) is 0.375. The van der Waals surface area contributed by atoms with Gasteiger partial charge in [0, 0.05) is 5.33 Å². The molecule has 0 aliphatic carbocycles. The Labute approximate surface area is 121 Å². The van der Waals surface area contributed by atoms with Crippen LogP contribution < -0.4 is 0 Å². The van der Waals surface area contributed by atoms with Crippen LogP contribution in [-0.2, 0) is 4.74 Å². The molecule has 0 fully saturated rings. The second-order valence-corrected chi connectivity index (χ2v) is 4.11. The Morgan fingerprint density at radius 3 is 1.50 bits per heavy atom. The van der Waals surface area contributed by atoms with Crippen molar-refractivity contribution in [1.82, 2.24) is 0 Å². The van der Waals surface area contributed by atoms with Crippen LogP contribution in [0.25, 0.3) is 0 Å². The number of hydrogen-bond donors (Lipinski definition) is 0. The van der Waals surface area contributed by atoms with Gasteiger partial charge in [-0.2, -0.15) is 0 Å². The molecule has 0 aliphatic heterocycles. The van der Waals surface area contributed by atoms with Crippen LogP contribution >= 0.6 is 15.9 Å². The molecule has 1 nitrogen and oxygen atoms in total. The maximum Gasteiger partial charge on any atom is 0.0649 e. The van der Waals surface area contributed by atoms with E-state index in [9.17, 15) is 0 Å². The summed E-state index contributed by atoms with van der Waals surface area (Å²) in [6, 6.07) is 12.0. The molecule has 0 aromatic heterocycles. The number of alkyl halides is 1. The molecule has 0 spiro atoms. The molecule has 0 heterocycles. The van der Waals surface area contributed by atoms with Crippen molar-refractivity contribution in [3.63, 3.8) is 0 Å². The number of hydrogen-bond acceptors (Lipinski definition) is 1. The minimum atomic E-state index is 0.617. The van der Waals surface area contributed by atoms with E-state index >= 15 is 0 Å². The molecule has 0 unspecified atom stereocenters. The summed E-state index contributed by atoms with van der Waals surface area (Å²) < 4.78 is 4.90. The SMILES string of the molecule is C=CCOCC=C.CCCCBr.c1ccccc1. The highest BCUT2D eigenvalue weighted by atomic mass is 79.9. The van der Waals surface area contributed by atoms with Crippen LogP contribution in [-0.4, -0.2) is 18.5 Å². The van der Waals surface area contributed by atoms with E-state index in [4.69, 9.17) is 4.74 Å². The lowest BCUT2D eigenvalue weighted by Gasteiger charge is -1.89. The maximum atomic E-state index is 4.90. The number of rotatable bonds is 6. The highest BCUT2D eigenvalue weighted by molar-refractivity contribution is 9.09. The van der Waals surface area contributed by atoms with Crippen LogP contribution in [0.5, 0.6) is 0 Å². The summed E-state index contributed by atoms with van der Waals surface area (Å²) in [5.74, 6) is 0. The third-order valence-corrected chi connectivity index (χ3v) is 2.19. The third kappa shape index (κ3) is 24.4. The van der Waals surface area contributed by atoms with E-state index in [0.29, 0.717) is 13.2 Å². The Bertz CT molecular complexity index is 210. The van der Waals surface area contributed by atoms with Crippen LogP contribution in [0.2, 0.25) is 0 Å². The van der Waals surface area contributed by atoms with Crippen molar-refractivity contribution in [1.29, 1.82) is 0 Å². The number of benzene rings is 1. The molecule has 18 heavy (non-hydrogen) atoms. The van der Waals surface area contributed by atoms with E-state index < -0.39 is 0 Å². The Morgan fingerprint density at radius 2 is 1.33 bits per heavy atom. The van der Waals surface area contributed by atoms with Crippen molar-refractivity contribution < 1.29 is 4.74 Å². The van der Waals surface area contributed by atoms with Gasteiger partial charge in [-0.15, -0.1) is 13.2 Å². The minimum absolute atomic E-state index is 0.617. The zero-order valence-corrected chi connectivity index (χ0v) is 12.9. The molecule has 0 saturated heterocycles. The van der Waals surface area contributed by atoms with E-state index in [-0.39, 0.29) is 0 Å². The first kappa shape index (κ1) is 19.5. The van der Waals surface area contributed by atoms with Gasteiger partial charge in [-0.3, -0.25) is 0 Å². The van der Waals surface area contributed by atoms with Gasteiger partial charge in [0.25, 0.3) is 0 Å². The Hall–Kier alpha value is -0.860. The fourth-order valence-electron chi connectivity index (χ4n) is 0.753. The summed E-state index contributed by atoms with van der Waals surface area (Å²) in [6.45, 7) is 10.4. The first-order chi connectivity index (χ1) is 8.83. The van der Waals surface area contributed by atoms with Gasteiger partial charge in [0.1, 0.15) is 0 Å². The second kappa shape index (κ2) is 21.4. The maximum absolute atomic E-state index is 4.90. The lowest BCUT2D eigenvalue weighted by Crippen LogP contribution is -1.87. The predicted octanol–water partition coefficient (Wildman–Crippen LogP) is 5.24. The molecule has 0 bridgehead atoms. The van der Waals surface area contributed by atoms with E-state index in [1.54, 1.807) is 12.2 Å². The molecule has 0 saturated carbocycles. The highest BCUT2D eigenvalue weighted by Gasteiger charge is 1.71. The van der Waals surface area contributed by atoms with Crippen LogP contribution in [0.3, 0.4) is 0 Å². The summed E-state index contributed by atoms with van der Waals surface area (Å²) in [5.41, 5.74) is 0. The zero-order valence-electron chi connectivity index (χ0n) is 11.4. The molecule has 0 N–H and O–H groups in total. The molecule has 0 atom stereocenters. The van der Waals surface area contributed by atoms with Crippen LogP contribution in [0.15, 0.2) is 61.7 Å². The number of unbranched alkanes of at least 4 members (excludes halogenated alkanes) is 1. The van der Waals surface area contributed by atoms with Gasteiger partial charge >= 0.3 is 0 Å². The monoisotopic (exact) mass is 312 g/mol. The molecule has 1 rings (SSSR count). The Morgan fingerprint density at radius 1 is 0.944 bits per heavy atom. The predicted molar refractivity (Wildman–Crippen MR) is 86.4 cm³/mol. The topological polar surface area (TPSA) is 9.23 Å². The fourth-order valence-corrected chi connectivity index (χ4v) is 1.31. The first-order valence-electron chi connectivity index (χ1n) is 6.18. The smallest absolute Gasteiger partial charge is 0.0649 e. The van der Waals surface area contributed by atoms with Gasteiger partial charge in [0.2, 0.25) is 0 Å². The van der Waals surface area contributed by atoms with Crippen LogP contribution in [0.4, 0.5) is 0 Å². The van der Waals surface area contributed by atoms with Gasteiger partial charge in [-0.05, 0) is 6.42 Å². The van der Waals surface area contributed by atoms with E-state index in [0.717, 1.165) is 5.33 Å². The van der Waals surface area contributed by atoms with E-state index in [1.807, 2.05) is 36.4 Å². The molecule has 1 aromatic rings. The van der Waals surface area contributed by atoms with Gasteiger partial charge in [0.05, 0.1) is 13.2 Å². The first-order valence-corrected chi connectivity index (χ1v) is 7.31. The molecule has 1 aromatic carbocycles. The summed E-state index contributed by atoms with van der Waals surface area (Å²) >= 11 is 3.31. The van der Waals surface area contributed by atoms with Crippen molar-refractivity contribution in [2.24, 2.45) is 0 Å². The normalized spacial score (nSPS) is 8.11. The summed E-state index contributed by atoms with van der Waals surface area (Å²) in [7, 11) is 0. The Balaban J connectivity index is 0. The van der Waals surface area contributed by atoms with Crippen molar-refractivity contribution in [3.8, 4) is 0 Å². The van der Waals surface area contributed by atoms with Crippen molar-refractivity contribution in [2.45, 2.75) is 19.8 Å². The average Bonchev–Trinajstić information content (AvgIpc) is 2.44. The molecule has 0 amide bonds. The zero-order chi connectivity index (χ0) is 13.9. The van der Waals surface area contributed by atoms with E-state index in [2.05, 4.69) is 36.0 Å². The number of ether oxygens (including phenoxy) is 1. The third-order valence-electron chi connectivity index (χ3n) is 1.63. The number of halogens is 1. The van der Waals surface area contributed by atoms with E-state index in [1.165, 1.54) is 12.8 Å². The largest absolute Gasteiger partial charge is 0.373 e. The van der Waals surface area contributed by atoms with Crippen LogP contribution in [0, 0.1) is 0 Å². The molecular formula is C16H25BrO. The Kier molecular flexibility index (Phi) is 23.2. The molecule has 102 valence electrons. The lowest BCUT2D eigenvalue weighted by molar-refractivity contribution is 0.194. The molecule has 0 radical (unpaired) electrons. The average molecular weight is 313 g/mol. The van der Waals surface area contributed by atoms with Gasteiger partial charge in [-0.25, -0.2) is 0 Å².